The van der Waals surface area contributed by atoms with Crippen LogP contribution in [0.2, 0.25) is 0 Å². The highest BCUT2D eigenvalue weighted by molar-refractivity contribution is 5.94. The molecule has 1 atom stereocenters. The van der Waals surface area contributed by atoms with Crippen LogP contribution in [0.15, 0.2) is 24.3 Å². The van der Waals surface area contributed by atoms with Crippen molar-refractivity contribution < 1.29 is 9.59 Å². The summed E-state index contributed by atoms with van der Waals surface area (Å²) in [5, 5.41) is 2.58. The van der Waals surface area contributed by atoms with Crippen LogP contribution >= 0.6 is 0 Å². The number of carbonyl (C=O) groups excluding carboxylic acids is 2. The molecule has 0 saturated heterocycles. The molecule has 0 fully saturated rings. The lowest BCUT2D eigenvalue weighted by Crippen LogP contribution is -2.37. The molecule has 0 bridgehead atoms. The van der Waals surface area contributed by atoms with Gasteiger partial charge in [-0.05, 0) is 30.7 Å². The van der Waals surface area contributed by atoms with E-state index in [4.69, 9.17) is 5.73 Å². The average Bonchev–Trinajstić information content (AvgIpc) is 2.46. The molecule has 3 N–H and O–H groups in total. The van der Waals surface area contributed by atoms with E-state index in [0.717, 1.165) is 12.0 Å². The molecule has 5 nitrogen and oxygen atoms in total. The molecule has 1 rings (SSSR count). The van der Waals surface area contributed by atoms with Gasteiger partial charge in [0.1, 0.15) is 0 Å². The van der Waals surface area contributed by atoms with Gasteiger partial charge in [-0.25, -0.2) is 0 Å². The summed E-state index contributed by atoms with van der Waals surface area (Å²) in [5.41, 5.74) is 7.23. The van der Waals surface area contributed by atoms with Gasteiger partial charge in [-0.2, -0.15) is 0 Å². The summed E-state index contributed by atoms with van der Waals surface area (Å²) in [7, 11) is 3.30. The second-order valence-electron chi connectivity index (χ2n) is 4.94. The minimum Gasteiger partial charge on any atom is -0.359 e. The fourth-order valence-electron chi connectivity index (χ4n) is 2.02. The Labute approximate surface area is 120 Å². The second-order valence-corrected chi connectivity index (χ2v) is 4.94. The molecule has 110 valence electrons. The van der Waals surface area contributed by atoms with Crippen LogP contribution in [0.4, 0.5) is 0 Å². The fraction of sp³-hybridized carbons (Fsp3) is 0.467. The van der Waals surface area contributed by atoms with E-state index in [9.17, 15) is 9.59 Å². The molecule has 0 aromatic heterocycles. The number of benzene rings is 1. The first-order valence-corrected chi connectivity index (χ1v) is 6.75. The van der Waals surface area contributed by atoms with Crippen LogP contribution < -0.4 is 11.1 Å². The molecular formula is C15H23N3O2. The lowest BCUT2D eigenvalue weighted by molar-refractivity contribution is -0.124. The predicted molar refractivity (Wildman–Crippen MR) is 79.4 cm³/mol. The number of nitrogens with two attached hydrogens (primary N) is 1. The maximum atomic E-state index is 12.2. The average molecular weight is 277 g/mol. The lowest BCUT2D eigenvalue weighted by Gasteiger charge is -2.21. The van der Waals surface area contributed by atoms with Gasteiger partial charge in [0.2, 0.25) is 5.91 Å². The normalized spacial score (nSPS) is 11.8. The van der Waals surface area contributed by atoms with Crippen LogP contribution in [-0.2, 0) is 11.2 Å². The standard InChI is InChI=1S/C15H23N3O2/c1-11(14(19)17-2)10-18(3)15(20)13-6-4-12(5-7-13)8-9-16/h4-7,11H,8-10,16H2,1-3H3,(H,17,19). The fourth-order valence-corrected chi connectivity index (χ4v) is 2.02. The zero-order chi connectivity index (χ0) is 15.1. The molecule has 0 saturated carbocycles. The Morgan fingerprint density at radius 1 is 1.30 bits per heavy atom. The highest BCUT2D eigenvalue weighted by atomic mass is 16.2. The smallest absolute Gasteiger partial charge is 0.253 e. The Morgan fingerprint density at radius 2 is 1.90 bits per heavy atom. The van der Waals surface area contributed by atoms with Crippen LogP contribution in [0.1, 0.15) is 22.8 Å². The molecule has 0 aliphatic heterocycles. The van der Waals surface area contributed by atoms with Crippen molar-refractivity contribution in [2.75, 3.05) is 27.2 Å². The molecule has 5 heteroatoms. The zero-order valence-electron chi connectivity index (χ0n) is 12.3. The molecule has 20 heavy (non-hydrogen) atoms. The van der Waals surface area contributed by atoms with E-state index in [1.165, 1.54) is 0 Å². The van der Waals surface area contributed by atoms with Crippen LogP contribution in [0.5, 0.6) is 0 Å². The van der Waals surface area contributed by atoms with E-state index in [-0.39, 0.29) is 17.7 Å². The predicted octanol–water partition coefficient (Wildman–Crippen LogP) is 0.642. The van der Waals surface area contributed by atoms with E-state index in [1.807, 2.05) is 12.1 Å². The van der Waals surface area contributed by atoms with Crippen LogP contribution in [0.25, 0.3) is 0 Å². The van der Waals surface area contributed by atoms with Crippen molar-refractivity contribution in [1.82, 2.24) is 10.2 Å². The first kappa shape index (κ1) is 16.2. The number of nitrogens with one attached hydrogen (secondary N) is 1. The highest BCUT2D eigenvalue weighted by Crippen LogP contribution is 2.09. The SMILES string of the molecule is CNC(=O)C(C)CN(C)C(=O)c1ccc(CCN)cc1. The zero-order valence-corrected chi connectivity index (χ0v) is 12.3. The molecule has 2 amide bonds. The quantitative estimate of drug-likeness (QED) is 0.801. The maximum Gasteiger partial charge on any atom is 0.253 e. The Balaban J connectivity index is 2.66. The van der Waals surface area contributed by atoms with Crippen LogP contribution in [0.3, 0.4) is 0 Å². The molecule has 0 spiro atoms. The van der Waals surface area contributed by atoms with Gasteiger partial charge < -0.3 is 16.0 Å². The molecule has 0 aliphatic rings. The molecule has 1 aromatic carbocycles. The van der Waals surface area contributed by atoms with Crippen molar-refractivity contribution in [3.8, 4) is 0 Å². The molecule has 1 unspecified atom stereocenters. The topological polar surface area (TPSA) is 75.4 Å². The minimum absolute atomic E-state index is 0.0667. The van der Waals surface area contributed by atoms with E-state index < -0.39 is 0 Å². The maximum absolute atomic E-state index is 12.2. The third-order valence-electron chi connectivity index (χ3n) is 3.22. The summed E-state index contributed by atoms with van der Waals surface area (Å²) < 4.78 is 0. The van der Waals surface area contributed by atoms with Crippen molar-refractivity contribution in [3.63, 3.8) is 0 Å². The van der Waals surface area contributed by atoms with Gasteiger partial charge in [-0.1, -0.05) is 19.1 Å². The third kappa shape index (κ3) is 4.35. The summed E-state index contributed by atoms with van der Waals surface area (Å²) in [4.78, 5) is 25.3. The summed E-state index contributed by atoms with van der Waals surface area (Å²) >= 11 is 0. The first-order valence-electron chi connectivity index (χ1n) is 6.75. The monoisotopic (exact) mass is 277 g/mol. The van der Waals surface area contributed by atoms with Crippen molar-refractivity contribution in [2.24, 2.45) is 11.7 Å². The van der Waals surface area contributed by atoms with E-state index in [0.29, 0.717) is 18.7 Å². The Bertz CT molecular complexity index is 457. The van der Waals surface area contributed by atoms with Gasteiger partial charge in [-0.15, -0.1) is 0 Å². The number of amides is 2. The summed E-state index contributed by atoms with van der Waals surface area (Å²) in [5.74, 6) is -0.381. The van der Waals surface area contributed by atoms with Gasteiger partial charge >= 0.3 is 0 Å². The third-order valence-corrected chi connectivity index (χ3v) is 3.22. The van der Waals surface area contributed by atoms with Crippen molar-refractivity contribution >= 4 is 11.8 Å². The highest BCUT2D eigenvalue weighted by Gasteiger charge is 2.18. The van der Waals surface area contributed by atoms with E-state index in [1.54, 1.807) is 38.1 Å². The number of hydrogen-bond donors (Lipinski definition) is 2. The van der Waals surface area contributed by atoms with Gasteiger partial charge in [0.15, 0.2) is 0 Å². The van der Waals surface area contributed by atoms with Gasteiger partial charge in [0.05, 0.1) is 5.92 Å². The second kappa shape index (κ2) is 7.65. The summed E-state index contributed by atoms with van der Waals surface area (Å²) in [6, 6.07) is 7.43. The molecule has 0 radical (unpaired) electrons. The Kier molecular flexibility index (Phi) is 6.18. The van der Waals surface area contributed by atoms with E-state index >= 15 is 0 Å². The van der Waals surface area contributed by atoms with Gasteiger partial charge in [0.25, 0.3) is 5.91 Å². The van der Waals surface area contributed by atoms with E-state index in [2.05, 4.69) is 5.32 Å². The van der Waals surface area contributed by atoms with Crippen molar-refractivity contribution in [3.05, 3.63) is 35.4 Å². The summed E-state index contributed by atoms with van der Waals surface area (Å²) in [6.45, 7) is 2.78. The van der Waals surface area contributed by atoms with Crippen molar-refractivity contribution in [2.45, 2.75) is 13.3 Å². The van der Waals surface area contributed by atoms with Crippen molar-refractivity contribution in [1.29, 1.82) is 0 Å². The largest absolute Gasteiger partial charge is 0.359 e. The molecule has 1 aromatic rings. The van der Waals surface area contributed by atoms with Crippen LogP contribution in [0, 0.1) is 5.92 Å². The minimum atomic E-state index is -0.231. The molecule has 0 aliphatic carbocycles. The number of nitrogens with zero attached hydrogens (tertiary/aromatic N) is 1. The number of carbonyl (C=O) groups is 2. The number of rotatable bonds is 6. The number of hydrogen-bond acceptors (Lipinski definition) is 3. The first-order chi connectivity index (χ1) is 9.49. The Morgan fingerprint density at radius 3 is 2.40 bits per heavy atom. The Hall–Kier alpha value is -1.88. The van der Waals surface area contributed by atoms with Gasteiger partial charge in [-0.3, -0.25) is 9.59 Å². The van der Waals surface area contributed by atoms with Gasteiger partial charge in [0, 0.05) is 26.2 Å². The molecule has 0 heterocycles. The van der Waals surface area contributed by atoms with Crippen LogP contribution in [-0.4, -0.2) is 43.9 Å². The lowest BCUT2D eigenvalue weighted by atomic mass is 10.1. The molecular weight excluding hydrogens is 254 g/mol. The summed E-state index contributed by atoms with van der Waals surface area (Å²) in [6.07, 6.45) is 0.804.